The van der Waals surface area contributed by atoms with Crippen LogP contribution in [-0.4, -0.2) is 57.6 Å². The molecule has 1 unspecified atom stereocenters. The summed E-state index contributed by atoms with van der Waals surface area (Å²) >= 11 is 0. The molecule has 1 saturated heterocycles. The number of rotatable bonds is 7. The normalized spacial score (nSPS) is 30.3. The van der Waals surface area contributed by atoms with Crippen molar-refractivity contribution >= 4 is 17.3 Å². The van der Waals surface area contributed by atoms with Gasteiger partial charge in [-0.05, 0) is 86.1 Å². The van der Waals surface area contributed by atoms with E-state index in [4.69, 9.17) is 0 Å². The molecule has 7 rings (SSSR count). The Hall–Kier alpha value is -2.53. The van der Waals surface area contributed by atoms with Crippen LogP contribution in [0.15, 0.2) is 54.6 Å². The molecule has 1 atom stereocenters. The third-order valence-corrected chi connectivity index (χ3v) is 9.65. The molecule has 5 aliphatic rings. The van der Waals surface area contributed by atoms with Gasteiger partial charge < -0.3 is 15.1 Å². The predicted octanol–water partition coefficient (Wildman–Crippen LogP) is 4.95. The summed E-state index contributed by atoms with van der Waals surface area (Å²) in [6.45, 7) is 4.73. The quantitative estimate of drug-likeness (QED) is 0.601. The summed E-state index contributed by atoms with van der Waals surface area (Å²) in [4.78, 5) is 21.0. The van der Waals surface area contributed by atoms with Crippen LogP contribution in [0.5, 0.6) is 0 Å². The number of piperazine rings is 1. The number of amides is 1. The largest absolute Gasteiger partial charge is 0.378 e. The van der Waals surface area contributed by atoms with Crippen LogP contribution in [0.3, 0.4) is 0 Å². The van der Waals surface area contributed by atoms with Crippen molar-refractivity contribution in [1.82, 2.24) is 10.2 Å². The molecule has 4 saturated carbocycles. The number of para-hydroxylation sites is 1. The molecule has 2 aromatic carbocycles. The number of hydrogen-bond donors (Lipinski definition) is 1. The van der Waals surface area contributed by atoms with Crippen molar-refractivity contribution in [2.45, 2.75) is 44.6 Å². The van der Waals surface area contributed by atoms with Gasteiger partial charge in [0.15, 0.2) is 0 Å². The molecular weight excluding hydrogens is 444 g/mol. The number of nitrogens with zero attached hydrogens (tertiary/aromatic N) is 3. The topological polar surface area (TPSA) is 38.8 Å². The molecule has 4 bridgehead atoms. The third kappa shape index (κ3) is 4.63. The SMILES string of the molecule is CN(C)c1ccc(C(CNC(=O)C23CC4CC(CC(C4)C2)C3)N2CCN(c3ccccc3)CC2)cc1. The highest BCUT2D eigenvalue weighted by atomic mass is 16.2. The lowest BCUT2D eigenvalue weighted by atomic mass is 9.49. The Labute approximate surface area is 216 Å². The average Bonchev–Trinajstić information content (AvgIpc) is 2.89. The zero-order chi connectivity index (χ0) is 24.7. The fourth-order valence-electron chi connectivity index (χ4n) is 8.15. The number of anilines is 2. The van der Waals surface area contributed by atoms with Gasteiger partial charge in [-0.2, -0.15) is 0 Å². The van der Waals surface area contributed by atoms with Gasteiger partial charge in [0, 0.05) is 63.6 Å². The Morgan fingerprint density at radius 3 is 2.03 bits per heavy atom. The van der Waals surface area contributed by atoms with Crippen molar-refractivity contribution in [3.8, 4) is 0 Å². The lowest BCUT2D eigenvalue weighted by molar-refractivity contribution is -0.146. The molecule has 1 N–H and O–H groups in total. The smallest absolute Gasteiger partial charge is 0.226 e. The molecule has 2 aromatic rings. The second-order valence-electron chi connectivity index (χ2n) is 12.3. The lowest BCUT2D eigenvalue weighted by Gasteiger charge is -2.55. The minimum Gasteiger partial charge on any atom is -0.378 e. The molecule has 0 spiro atoms. The van der Waals surface area contributed by atoms with E-state index in [9.17, 15) is 4.79 Å². The first-order valence-electron chi connectivity index (χ1n) is 14.1. The molecule has 1 heterocycles. The predicted molar refractivity (Wildman–Crippen MR) is 147 cm³/mol. The van der Waals surface area contributed by atoms with Crippen LogP contribution < -0.4 is 15.1 Å². The maximum atomic E-state index is 13.8. The maximum Gasteiger partial charge on any atom is 0.226 e. The zero-order valence-electron chi connectivity index (χ0n) is 22.0. The molecule has 1 aliphatic heterocycles. The minimum atomic E-state index is -0.0832. The Morgan fingerprint density at radius 1 is 0.889 bits per heavy atom. The van der Waals surface area contributed by atoms with Crippen LogP contribution in [-0.2, 0) is 4.79 Å². The van der Waals surface area contributed by atoms with Gasteiger partial charge in [0.1, 0.15) is 0 Å². The fraction of sp³-hybridized carbons (Fsp3) is 0.581. The highest BCUT2D eigenvalue weighted by Crippen LogP contribution is 2.60. The number of nitrogens with one attached hydrogen (secondary N) is 1. The lowest BCUT2D eigenvalue weighted by Crippen LogP contribution is -2.55. The van der Waals surface area contributed by atoms with E-state index in [1.165, 1.54) is 36.2 Å². The highest BCUT2D eigenvalue weighted by molar-refractivity contribution is 5.83. The van der Waals surface area contributed by atoms with E-state index in [2.05, 4.69) is 88.7 Å². The molecule has 5 nitrogen and oxygen atoms in total. The standard InChI is InChI=1S/C31H42N4O/c1-33(2)27-10-8-26(9-11-27)29(35-14-12-34(13-15-35)28-6-4-3-5-7-28)22-32-30(36)31-19-23-16-24(20-31)18-25(17-23)21-31/h3-11,23-25,29H,12-22H2,1-2H3,(H,32,36). The van der Waals surface area contributed by atoms with Gasteiger partial charge in [-0.25, -0.2) is 0 Å². The highest BCUT2D eigenvalue weighted by Gasteiger charge is 2.54. The second kappa shape index (κ2) is 9.74. The van der Waals surface area contributed by atoms with Gasteiger partial charge in [-0.15, -0.1) is 0 Å². The maximum absolute atomic E-state index is 13.8. The van der Waals surface area contributed by atoms with Crippen LogP contribution in [0.25, 0.3) is 0 Å². The fourth-order valence-corrected chi connectivity index (χ4v) is 8.15. The van der Waals surface area contributed by atoms with E-state index in [1.807, 2.05) is 0 Å². The summed E-state index contributed by atoms with van der Waals surface area (Å²) in [5.74, 6) is 2.73. The third-order valence-electron chi connectivity index (χ3n) is 9.65. The summed E-state index contributed by atoms with van der Waals surface area (Å²) in [5, 5.41) is 3.51. The summed E-state index contributed by atoms with van der Waals surface area (Å²) in [7, 11) is 4.17. The van der Waals surface area contributed by atoms with E-state index < -0.39 is 0 Å². The summed E-state index contributed by atoms with van der Waals surface area (Å²) < 4.78 is 0. The first-order chi connectivity index (χ1) is 17.5. The first-order valence-corrected chi connectivity index (χ1v) is 14.1. The second-order valence-corrected chi connectivity index (χ2v) is 12.3. The van der Waals surface area contributed by atoms with Gasteiger partial charge in [-0.1, -0.05) is 30.3 Å². The van der Waals surface area contributed by atoms with Crippen molar-refractivity contribution in [1.29, 1.82) is 0 Å². The number of hydrogen-bond acceptors (Lipinski definition) is 4. The molecule has 192 valence electrons. The van der Waals surface area contributed by atoms with E-state index in [0.717, 1.165) is 63.2 Å². The molecular formula is C31H42N4O. The summed E-state index contributed by atoms with van der Waals surface area (Å²) in [5.41, 5.74) is 3.74. The Morgan fingerprint density at radius 2 is 1.47 bits per heavy atom. The molecule has 5 heteroatoms. The van der Waals surface area contributed by atoms with Crippen molar-refractivity contribution < 1.29 is 4.79 Å². The van der Waals surface area contributed by atoms with Crippen molar-refractivity contribution in [2.24, 2.45) is 23.2 Å². The first kappa shape index (κ1) is 23.8. The van der Waals surface area contributed by atoms with Crippen LogP contribution >= 0.6 is 0 Å². The van der Waals surface area contributed by atoms with E-state index in [-0.39, 0.29) is 11.5 Å². The van der Waals surface area contributed by atoms with Gasteiger partial charge in [0.25, 0.3) is 0 Å². The molecule has 0 aromatic heterocycles. The van der Waals surface area contributed by atoms with E-state index in [1.54, 1.807) is 0 Å². The van der Waals surface area contributed by atoms with Crippen molar-refractivity contribution in [3.63, 3.8) is 0 Å². The van der Waals surface area contributed by atoms with Gasteiger partial charge in [-0.3, -0.25) is 9.69 Å². The van der Waals surface area contributed by atoms with E-state index in [0.29, 0.717) is 12.5 Å². The number of benzene rings is 2. The molecule has 5 fully saturated rings. The van der Waals surface area contributed by atoms with E-state index >= 15 is 0 Å². The van der Waals surface area contributed by atoms with Crippen LogP contribution in [0.4, 0.5) is 11.4 Å². The number of carbonyl (C=O) groups excluding carboxylic acids is 1. The Kier molecular flexibility index (Phi) is 6.45. The van der Waals surface area contributed by atoms with Gasteiger partial charge in [0.2, 0.25) is 5.91 Å². The van der Waals surface area contributed by atoms with Gasteiger partial charge >= 0.3 is 0 Å². The molecule has 4 aliphatic carbocycles. The van der Waals surface area contributed by atoms with Crippen LogP contribution in [0.1, 0.15) is 50.1 Å². The van der Waals surface area contributed by atoms with Crippen LogP contribution in [0, 0.1) is 23.2 Å². The van der Waals surface area contributed by atoms with Crippen molar-refractivity contribution in [2.75, 3.05) is 56.6 Å². The number of carbonyl (C=O) groups is 1. The Balaban J connectivity index is 1.17. The zero-order valence-corrected chi connectivity index (χ0v) is 22.0. The molecule has 0 radical (unpaired) electrons. The van der Waals surface area contributed by atoms with Crippen LogP contribution in [0.2, 0.25) is 0 Å². The summed E-state index contributed by atoms with van der Waals surface area (Å²) in [6, 6.07) is 19.9. The summed E-state index contributed by atoms with van der Waals surface area (Å²) in [6.07, 6.45) is 7.51. The minimum absolute atomic E-state index is 0.0832. The average molecular weight is 487 g/mol. The van der Waals surface area contributed by atoms with Gasteiger partial charge in [0.05, 0.1) is 6.04 Å². The monoisotopic (exact) mass is 486 g/mol. The Bertz CT molecular complexity index is 1010. The molecule has 1 amide bonds. The van der Waals surface area contributed by atoms with Crippen molar-refractivity contribution in [3.05, 3.63) is 60.2 Å². The molecule has 36 heavy (non-hydrogen) atoms.